The highest BCUT2D eigenvalue weighted by molar-refractivity contribution is 5.99. The molecule has 0 bridgehead atoms. The van der Waals surface area contributed by atoms with Crippen LogP contribution in [0, 0.1) is 0 Å². The minimum absolute atomic E-state index is 0.0580. The minimum atomic E-state index is -2.87. The van der Waals surface area contributed by atoms with Crippen LogP contribution in [0.2, 0.25) is 0 Å². The maximum Gasteiger partial charge on any atom is 0.326 e. The van der Waals surface area contributed by atoms with Crippen LogP contribution in [-0.4, -0.2) is 59.6 Å². The number of alkyl halides is 2. The van der Waals surface area contributed by atoms with Gasteiger partial charge in [-0.2, -0.15) is 0 Å². The summed E-state index contributed by atoms with van der Waals surface area (Å²) in [5.74, 6) is -1.79. The first-order chi connectivity index (χ1) is 12.9. The second-order valence-electron chi connectivity index (χ2n) is 6.25. The van der Waals surface area contributed by atoms with E-state index in [0.29, 0.717) is 36.4 Å². The van der Waals surface area contributed by atoms with E-state index in [2.05, 4.69) is 5.32 Å². The number of benzene rings is 1. The third-order valence-electron chi connectivity index (χ3n) is 4.46. The van der Waals surface area contributed by atoms with Crippen LogP contribution in [0.15, 0.2) is 18.2 Å². The lowest BCUT2D eigenvalue weighted by atomic mass is 10.1. The number of amides is 2. The molecule has 0 spiro atoms. The number of nitrogens with one attached hydrogen (secondary N) is 1. The van der Waals surface area contributed by atoms with E-state index in [4.69, 9.17) is 14.6 Å². The van der Waals surface area contributed by atoms with Crippen molar-refractivity contribution in [3.63, 3.8) is 0 Å². The maximum atomic E-state index is 12.8. The van der Waals surface area contributed by atoms with Gasteiger partial charge in [0.2, 0.25) is 19.1 Å². The molecular formula is C17H18F2N2O6. The summed E-state index contributed by atoms with van der Waals surface area (Å²) in [7, 11) is 0. The van der Waals surface area contributed by atoms with Gasteiger partial charge in [0, 0.05) is 18.5 Å². The Morgan fingerprint density at radius 3 is 2.70 bits per heavy atom. The molecule has 0 aliphatic carbocycles. The molecule has 2 amide bonds. The summed E-state index contributed by atoms with van der Waals surface area (Å²) in [5, 5.41) is 11.1. The van der Waals surface area contributed by atoms with Crippen molar-refractivity contribution >= 4 is 17.8 Å². The number of carbonyl (C=O) groups is 3. The number of likely N-dealkylation sites (tertiary alicyclic amines) is 1. The summed E-state index contributed by atoms with van der Waals surface area (Å²) in [6.07, 6.45) is -3.00. The molecule has 0 aromatic heterocycles. The van der Waals surface area contributed by atoms with Crippen molar-refractivity contribution in [2.24, 2.45) is 0 Å². The molecule has 0 radical (unpaired) electrons. The molecule has 2 N–H and O–H groups in total. The first-order valence-electron chi connectivity index (χ1n) is 8.38. The maximum absolute atomic E-state index is 12.8. The topological polar surface area (TPSA) is 105 Å². The number of hydrogen-bond donors (Lipinski definition) is 2. The fourth-order valence-corrected chi connectivity index (χ4v) is 3.15. The lowest BCUT2D eigenvalue weighted by Crippen LogP contribution is -2.51. The second-order valence-corrected chi connectivity index (χ2v) is 6.25. The van der Waals surface area contributed by atoms with Crippen molar-refractivity contribution in [1.82, 2.24) is 10.2 Å². The molecule has 2 heterocycles. The molecule has 2 aliphatic heterocycles. The van der Waals surface area contributed by atoms with Gasteiger partial charge in [0.25, 0.3) is 5.91 Å². The van der Waals surface area contributed by atoms with E-state index in [0.717, 1.165) is 0 Å². The SMILES string of the molecule is O=C(O)C(CC(F)F)NC(=O)C1CCCN1C(=O)c1ccc2c(c1)OCO2. The van der Waals surface area contributed by atoms with Crippen molar-refractivity contribution in [3.8, 4) is 11.5 Å². The van der Waals surface area contributed by atoms with Crippen LogP contribution >= 0.6 is 0 Å². The van der Waals surface area contributed by atoms with Gasteiger partial charge in [0.1, 0.15) is 12.1 Å². The van der Waals surface area contributed by atoms with Gasteiger partial charge in [0.15, 0.2) is 11.5 Å². The Morgan fingerprint density at radius 2 is 2.00 bits per heavy atom. The zero-order valence-electron chi connectivity index (χ0n) is 14.2. The van der Waals surface area contributed by atoms with Gasteiger partial charge in [-0.25, -0.2) is 13.6 Å². The zero-order valence-corrected chi connectivity index (χ0v) is 14.2. The summed E-state index contributed by atoms with van der Waals surface area (Å²) >= 11 is 0. The first kappa shape index (κ1) is 18.9. The molecule has 2 atom stereocenters. The number of ether oxygens (including phenoxy) is 2. The van der Waals surface area contributed by atoms with Gasteiger partial charge in [-0.15, -0.1) is 0 Å². The summed E-state index contributed by atoms with van der Waals surface area (Å²) in [4.78, 5) is 37.6. The molecule has 10 heteroatoms. The minimum Gasteiger partial charge on any atom is -0.480 e. The Labute approximate surface area is 153 Å². The van der Waals surface area contributed by atoms with Gasteiger partial charge >= 0.3 is 5.97 Å². The van der Waals surface area contributed by atoms with Gasteiger partial charge < -0.3 is 24.8 Å². The molecule has 146 valence electrons. The monoisotopic (exact) mass is 384 g/mol. The van der Waals surface area contributed by atoms with E-state index in [-0.39, 0.29) is 6.79 Å². The number of aliphatic carboxylic acids is 1. The van der Waals surface area contributed by atoms with Gasteiger partial charge in [0.05, 0.1) is 0 Å². The van der Waals surface area contributed by atoms with Crippen LogP contribution in [0.3, 0.4) is 0 Å². The number of fused-ring (bicyclic) bond motifs is 1. The lowest BCUT2D eigenvalue weighted by molar-refractivity contribution is -0.143. The summed E-state index contributed by atoms with van der Waals surface area (Å²) in [6.45, 7) is 0.361. The summed E-state index contributed by atoms with van der Waals surface area (Å²) in [5.41, 5.74) is 0.293. The lowest BCUT2D eigenvalue weighted by Gasteiger charge is -2.25. The van der Waals surface area contributed by atoms with Crippen LogP contribution in [0.25, 0.3) is 0 Å². The average molecular weight is 384 g/mol. The summed E-state index contributed by atoms with van der Waals surface area (Å²) < 4.78 is 35.4. The predicted octanol–water partition coefficient (Wildman–Crippen LogP) is 1.24. The van der Waals surface area contributed by atoms with Crippen molar-refractivity contribution in [2.75, 3.05) is 13.3 Å². The van der Waals surface area contributed by atoms with Crippen LogP contribution in [0.1, 0.15) is 29.6 Å². The fourth-order valence-electron chi connectivity index (χ4n) is 3.15. The second kappa shape index (κ2) is 7.77. The number of carboxylic acid groups (broad SMARTS) is 1. The number of carboxylic acids is 1. The molecular weight excluding hydrogens is 366 g/mol. The first-order valence-corrected chi connectivity index (χ1v) is 8.38. The van der Waals surface area contributed by atoms with Crippen LogP contribution < -0.4 is 14.8 Å². The van der Waals surface area contributed by atoms with E-state index in [9.17, 15) is 23.2 Å². The molecule has 1 aromatic carbocycles. The molecule has 2 unspecified atom stereocenters. The average Bonchev–Trinajstić information content (AvgIpc) is 3.28. The summed E-state index contributed by atoms with van der Waals surface area (Å²) in [6, 6.07) is 2.02. The van der Waals surface area contributed by atoms with Crippen molar-refractivity contribution < 1.29 is 37.7 Å². The van der Waals surface area contributed by atoms with Crippen molar-refractivity contribution in [3.05, 3.63) is 23.8 Å². The molecule has 1 fully saturated rings. The molecule has 1 aromatic rings. The van der Waals surface area contributed by atoms with Gasteiger partial charge in [-0.05, 0) is 31.0 Å². The molecule has 1 saturated heterocycles. The van der Waals surface area contributed by atoms with Crippen LogP contribution in [0.4, 0.5) is 8.78 Å². The third kappa shape index (κ3) is 4.09. The van der Waals surface area contributed by atoms with Crippen molar-refractivity contribution in [2.45, 2.75) is 37.8 Å². The predicted molar refractivity (Wildman–Crippen MR) is 86.8 cm³/mol. The van der Waals surface area contributed by atoms with Gasteiger partial charge in [-0.3, -0.25) is 9.59 Å². The fraction of sp³-hybridized carbons (Fsp3) is 0.471. The third-order valence-corrected chi connectivity index (χ3v) is 4.46. The van der Waals surface area contributed by atoms with E-state index in [1.807, 2.05) is 0 Å². The van der Waals surface area contributed by atoms with E-state index in [1.54, 1.807) is 12.1 Å². The largest absolute Gasteiger partial charge is 0.480 e. The number of rotatable bonds is 6. The van der Waals surface area contributed by atoms with Crippen LogP contribution in [0.5, 0.6) is 11.5 Å². The van der Waals surface area contributed by atoms with E-state index in [1.165, 1.54) is 11.0 Å². The normalized spacial score (nSPS) is 19.2. The van der Waals surface area contributed by atoms with E-state index < -0.39 is 42.7 Å². The number of nitrogens with zero attached hydrogens (tertiary/aromatic N) is 1. The van der Waals surface area contributed by atoms with Crippen LogP contribution in [-0.2, 0) is 9.59 Å². The Balaban J connectivity index is 1.71. The molecule has 27 heavy (non-hydrogen) atoms. The Morgan fingerprint density at radius 1 is 1.26 bits per heavy atom. The highest BCUT2D eigenvalue weighted by atomic mass is 19.3. The standard InChI is InChI=1S/C17H18F2N2O6/c18-14(19)7-10(17(24)25)20-15(22)11-2-1-5-21(11)16(23)9-3-4-12-13(6-9)27-8-26-12/h3-4,6,10-11,14H,1-2,5,7-8H2,(H,20,22)(H,24,25). The molecule has 8 nitrogen and oxygen atoms in total. The molecule has 3 rings (SSSR count). The smallest absolute Gasteiger partial charge is 0.326 e. The van der Waals surface area contributed by atoms with Gasteiger partial charge in [-0.1, -0.05) is 0 Å². The highest BCUT2D eigenvalue weighted by Crippen LogP contribution is 2.33. The highest BCUT2D eigenvalue weighted by Gasteiger charge is 2.37. The Hall–Kier alpha value is -2.91. The molecule has 0 saturated carbocycles. The Kier molecular flexibility index (Phi) is 5.43. The number of halogens is 2. The molecule has 2 aliphatic rings. The number of hydrogen-bond acceptors (Lipinski definition) is 5. The number of carbonyl (C=O) groups excluding carboxylic acids is 2. The Bertz CT molecular complexity index is 757. The quantitative estimate of drug-likeness (QED) is 0.765. The van der Waals surface area contributed by atoms with E-state index >= 15 is 0 Å². The zero-order chi connectivity index (χ0) is 19.6. The van der Waals surface area contributed by atoms with Crippen molar-refractivity contribution in [1.29, 1.82) is 0 Å².